The van der Waals surface area contributed by atoms with Crippen LogP contribution in [0.1, 0.15) is 29.6 Å². The van der Waals surface area contributed by atoms with Crippen LogP contribution < -0.4 is 5.43 Å². The van der Waals surface area contributed by atoms with Crippen LogP contribution in [0, 0.1) is 0 Å². The lowest BCUT2D eigenvalue weighted by Crippen LogP contribution is -2.42. The number of fused-ring (bicyclic) bond motifs is 3. The number of amides is 1. The third-order valence-electron chi connectivity index (χ3n) is 4.46. The van der Waals surface area contributed by atoms with E-state index in [0.29, 0.717) is 22.6 Å². The summed E-state index contributed by atoms with van der Waals surface area (Å²) in [7, 11) is 0. The van der Waals surface area contributed by atoms with Gasteiger partial charge in [-0.15, -0.1) is 0 Å². The number of rotatable bonds is 1. The number of carbonyl (C=O) groups is 1. The van der Waals surface area contributed by atoms with Gasteiger partial charge in [0.1, 0.15) is 5.58 Å². The van der Waals surface area contributed by atoms with Gasteiger partial charge in [0.15, 0.2) is 5.43 Å². The van der Waals surface area contributed by atoms with Gasteiger partial charge in [-0.3, -0.25) is 9.59 Å². The molecule has 0 N–H and O–H groups in total. The zero-order valence-corrected chi connectivity index (χ0v) is 11.5. The molecule has 2 aliphatic heterocycles. The maximum Gasteiger partial charge on any atom is 0.254 e. The summed E-state index contributed by atoms with van der Waals surface area (Å²) in [5.74, 6) is 0.0280. The van der Waals surface area contributed by atoms with Gasteiger partial charge in [0.05, 0.1) is 17.7 Å². The first-order valence-corrected chi connectivity index (χ1v) is 7.25. The molecule has 0 spiro atoms. The summed E-state index contributed by atoms with van der Waals surface area (Å²) in [6, 6.07) is 6.99. The van der Waals surface area contributed by atoms with Gasteiger partial charge < -0.3 is 9.32 Å². The fraction of sp³-hybridized carbons (Fsp3) is 0.294. The molecule has 106 valence electrons. The van der Waals surface area contributed by atoms with Gasteiger partial charge in [0.2, 0.25) is 0 Å². The molecule has 2 aromatic rings. The predicted octanol–water partition coefficient (Wildman–Crippen LogP) is 2.73. The molecule has 3 heterocycles. The van der Waals surface area contributed by atoms with E-state index in [-0.39, 0.29) is 17.4 Å². The molecule has 4 rings (SSSR count). The maximum absolute atomic E-state index is 12.8. The maximum atomic E-state index is 12.8. The second-order valence-corrected chi connectivity index (χ2v) is 5.67. The minimum Gasteiger partial charge on any atom is -0.464 e. The Balaban J connectivity index is 1.75. The summed E-state index contributed by atoms with van der Waals surface area (Å²) in [5, 5.41) is 0.510. The Hall–Kier alpha value is -2.36. The first-order valence-electron chi connectivity index (χ1n) is 7.25. The van der Waals surface area contributed by atoms with E-state index in [4.69, 9.17) is 4.42 Å². The van der Waals surface area contributed by atoms with Crippen LogP contribution in [0.3, 0.4) is 0 Å². The van der Waals surface area contributed by atoms with E-state index >= 15 is 0 Å². The second kappa shape index (κ2) is 4.58. The van der Waals surface area contributed by atoms with Gasteiger partial charge in [-0.05, 0) is 37.5 Å². The molecule has 2 aliphatic rings. The smallest absolute Gasteiger partial charge is 0.254 e. The van der Waals surface area contributed by atoms with E-state index in [2.05, 4.69) is 12.2 Å². The van der Waals surface area contributed by atoms with Gasteiger partial charge in [-0.25, -0.2) is 0 Å². The highest BCUT2D eigenvalue weighted by atomic mass is 16.3. The normalized spacial score (nSPS) is 23.7. The molecule has 2 bridgehead atoms. The molecular weight excluding hydrogens is 266 g/mol. The highest BCUT2D eigenvalue weighted by Gasteiger charge is 2.37. The molecule has 0 aliphatic carbocycles. The molecule has 1 aromatic carbocycles. The molecule has 2 atom stereocenters. The number of hydrogen-bond acceptors (Lipinski definition) is 3. The average molecular weight is 281 g/mol. The van der Waals surface area contributed by atoms with Crippen molar-refractivity contribution >= 4 is 16.9 Å². The monoisotopic (exact) mass is 281 g/mol. The zero-order chi connectivity index (χ0) is 14.4. The molecule has 4 nitrogen and oxygen atoms in total. The van der Waals surface area contributed by atoms with Crippen molar-refractivity contribution in [2.45, 2.75) is 31.3 Å². The summed E-state index contributed by atoms with van der Waals surface area (Å²) in [6.07, 6.45) is 8.70. The van der Waals surface area contributed by atoms with Crippen molar-refractivity contribution in [1.82, 2.24) is 4.90 Å². The summed E-state index contributed by atoms with van der Waals surface area (Å²) < 4.78 is 5.36. The van der Waals surface area contributed by atoms with Crippen LogP contribution in [-0.4, -0.2) is 22.9 Å². The average Bonchev–Trinajstić information content (AvgIpc) is 2.75. The van der Waals surface area contributed by atoms with E-state index in [1.54, 1.807) is 18.2 Å². The standard InChI is InChI=1S/C17H15NO3/c19-15-8-9-21-16-10-11(4-7-14(15)16)17(20)18-12-2-1-3-13(18)6-5-12/h1-2,4,7-10,12-13H,3,5-6H2. The Kier molecular flexibility index (Phi) is 2.70. The largest absolute Gasteiger partial charge is 0.464 e. The molecule has 1 fully saturated rings. The van der Waals surface area contributed by atoms with Crippen LogP contribution >= 0.6 is 0 Å². The topological polar surface area (TPSA) is 50.5 Å². The fourth-order valence-electron chi connectivity index (χ4n) is 3.41. The Morgan fingerprint density at radius 3 is 3.00 bits per heavy atom. The minimum absolute atomic E-state index is 0.0280. The molecule has 1 saturated heterocycles. The van der Waals surface area contributed by atoms with Crippen molar-refractivity contribution in [2.24, 2.45) is 0 Å². The van der Waals surface area contributed by atoms with Crippen molar-refractivity contribution in [1.29, 1.82) is 0 Å². The third kappa shape index (κ3) is 1.90. The molecule has 1 amide bonds. The highest BCUT2D eigenvalue weighted by molar-refractivity contribution is 5.98. The summed E-state index contributed by atoms with van der Waals surface area (Å²) >= 11 is 0. The van der Waals surface area contributed by atoms with E-state index < -0.39 is 0 Å². The number of carbonyl (C=O) groups excluding carboxylic acids is 1. The SMILES string of the molecule is O=C(c1ccc2c(=O)ccoc2c1)N1C2C=CCC1CC2. The first kappa shape index (κ1) is 12.4. The van der Waals surface area contributed by atoms with E-state index in [9.17, 15) is 9.59 Å². The third-order valence-corrected chi connectivity index (χ3v) is 4.46. The van der Waals surface area contributed by atoms with Crippen molar-refractivity contribution in [3.63, 3.8) is 0 Å². The molecule has 0 saturated carbocycles. The van der Waals surface area contributed by atoms with Gasteiger partial charge in [-0.2, -0.15) is 0 Å². The van der Waals surface area contributed by atoms with E-state index in [1.165, 1.54) is 12.3 Å². The lowest BCUT2D eigenvalue weighted by Gasteiger charge is -2.31. The Labute approximate surface area is 121 Å². The van der Waals surface area contributed by atoms with Crippen molar-refractivity contribution < 1.29 is 9.21 Å². The highest BCUT2D eigenvalue weighted by Crippen LogP contribution is 2.33. The van der Waals surface area contributed by atoms with Crippen molar-refractivity contribution in [3.05, 3.63) is 58.5 Å². The minimum atomic E-state index is -0.0868. The van der Waals surface area contributed by atoms with Crippen LogP contribution in [-0.2, 0) is 0 Å². The number of benzene rings is 1. The Morgan fingerprint density at radius 2 is 2.14 bits per heavy atom. The predicted molar refractivity (Wildman–Crippen MR) is 79.2 cm³/mol. The van der Waals surface area contributed by atoms with Crippen LogP contribution in [0.25, 0.3) is 11.0 Å². The second-order valence-electron chi connectivity index (χ2n) is 5.67. The van der Waals surface area contributed by atoms with Crippen LogP contribution in [0.2, 0.25) is 0 Å². The van der Waals surface area contributed by atoms with E-state index in [0.717, 1.165) is 19.3 Å². The van der Waals surface area contributed by atoms with Gasteiger partial charge in [0.25, 0.3) is 5.91 Å². The van der Waals surface area contributed by atoms with Crippen molar-refractivity contribution in [2.75, 3.05) is 0 Å². The Morgan fingerprint density at radius 1 is 1.24 bits per heavy atom. The zero-order valence-electron chi connectivity index (χ0n) is 11.5. The van der Waals surface area contributed by atoms with Gasteiger partial charge in [-0.1, -0.05) is 12.2 Å². The summed E-state index contributed by atoms with van der Waals surface area (Å²) in [4.78, 5) is 26.4. The molecular formula is C17H15NO3. The first-order chi connectivity index (χ1) is 10.2. The molecule has 4 heteroatoms. The summed E-state index contributed by atoms with van der Waals surface area (Å²) in [5.41, 5.74) is 0.966. The van der Waals surface area contributed by atoms with Gasteiger partial charge >= 0.3 is 0 Å². The van der Waals surface area contributed by atoms with E-state index in [1.807, 2.05) is 4.90 Å². The fourth-order valence-corrected chi connectivity index (χ4v) is 3.41. The molecule has 1 aromatic heterocycles. The lowest BCUT2D eigenvalue weighted by atomic mass is 10.1. The van der Waals surface area contributed by atoms with Crippen LogP contribution in [0.4, 0.5) is 0 Å². The van der Waals surface area contributed by atoms with Crippen molar-refractivity contribution in [3.8, 4) is 0 Å². The van der Waals surface area contributed by atoms with Gasteiger partial charge in [0, 0.05) is 17.7 Å². The lowest BCUT2D eigenvalue weighted by molar-refractivity contribution is 0.0689. The molecule has 21 heavy (non-hydrogen) atoms. The van der Waals surface area contributed by atoms with Crippen LogP contribution in [0.15, 0.2) is 51.9 Å². The molecule has 2 unspecified atom stereocenters. The quantitative estimate of drug-likeness (QED) is 0.755. The number of hydrogen-bond donors (Lipinski definition) is 0. The Bertz CT molecular complexity index is 805. The number of nitrogens with zero attached hydrogens (tertiary/aromatic N) is 1. The molecule has 0 radical (unpaired) electrons. The summed E-state index contributed by atoms with van der Waals surface area (Å²) in [6.45, 7) is 0. The van der Waals surface area contributed by atoms with Crippen LogP contribution in [0.5, 0.6) is 0 Å².